The first kappa shape index (κ1) is 44.5. The minimum absolute atomic E-state index is 0.0259. The third kappa shape index (κ3) is 14.3. The van der Waals surface area contributed by atoms with Gasteiger partial charge >= 0.3 is 24.5 Å². The number of fused-ring (bicyclic) bond motifs is 1. The maximum Gasteiger partial charge on any atom is 0.490 e. The van der Waals surface area contributed by atoms with Crippen molar-refractivity contribution in [3.63, 3.8) is 0 Å². The highest BCUT2D eigenvalue weighted by Gasteiger charge is 2.38. The number of alkyl halides is 9. The Morgan fingerprint density at radius 1 is 0.789 bits per heavy atom. The zero-order valence-electron chi connectivity index (χ0n) is 29.8. The van der Waals surface area contributed by atoms with Crippen molar-refractivity contribution in [3.8, 4) is 17.2 Å². The second-order valence-electron chi connectivity index (χ2n) is 12.6. The number of aliphatic carboxylic acids is 1. The van der Waals surface area contributed by atoms with Gasteiger partial charge in [0.15, 0.2) is 13.2 Å². The number of aromatic nitrogens is 2. The molecule has 312 valence electrons. The van der Waals surface area contributed by atoms with E-state index in [0.717, 1.165) is 47.6 Å². The summed E-state index contributed by atoms with van der Waals surface area (Å²) in [5, 5.41) is 14.6. The van der Waals surface area contributed by atoms with Crippen molar-refractivity contribution in [1.29, 1.82) is 0 Å². The molecule has 1 heterocycles. The topological polar surface area (TPSA) is 161 Å². The monoisotopic (exact) mass is 841 g/mol. The van der Waals surface area contributed by atoms with Crippen LogP contribution < -0.4 is 29.6 Å². The fourth-order valence-corrected chi connectivity index (χ4v) is 6.78. The Kier molecular flexibility index (Phi) is 14.7. The number of halogens is 9. The van der Waals surface area contributed by atoms with Crippen LogP contribution in [0.25, 0.3) is 10.9 Å². The number of carboxylic acids is 1. The molecule has 22 heteroatoms. The lowest BCUT2D eigenvalue weighted by molar-refractivity contribution is -0.192. The average molecular weight is 842 g/mol. The lowest BCUT2D eigenvalue weighted by Crippen LogP contribution is -2.33. The predicted octanol–water partition coefficient (Wildman–Crippen LogP) is 8.09. The Morgan fingerprint density at radius 2 is 1.40 bits per heavy atom. The smallest absolute Gasteiger partial charge is 0.490 e. The number of benzene rings is 3. The molecule has 1 aliphatic carbocycles. The van der Waals surface area contributed by atoms with Crippen LogP contribution in [0.1, 0.15) is 25.7 Å². The van der Waals surface area contributed by atoms with Crippen LogP contribution >= 0.6 is 0 Å². The summed E-state index contributed by atoms with van der Waals surface area (Å²) in [5.74, 6) is -2.01. The van der Waals surface area contributed by atoms with Crippen molar-refractivity contribution in [2.75, 3.05) is 44.0 Å². The van der Waals surface area contributed by atoms with E-state index in [4.69, 9.17) is 19.6 Å². The zero-order chi connectivity index (χ0) is 42.0. The number of carboxylic acid groups (broad SMARTS) is 1. The second-order valence-corrected chi connectivity index (χ2v) is 14.3. The fourth-order valence-electron chi connectivity index (χ4n) is 5.50. The molecule has 12 nitrogen and oxygen atoms in total. The molecule has 4 N–H and O–H groups in total. The summed E-state index contributed by atoms with van der Waals surface area (Å²) in [6.45, 7) is -2.96. The molecule has 1 aliphatic rings. The number of nitrogens with one attached hydrogen (secondary N) is 3. The van der Waals surface area contributed by atoms with E-state index < -0.39 is 64.1 Å². The number of para-hydroxylation sites is 1. The van der Waals surface area contributed by atoms with Gasteiger partial charge in [-0.25, -0.2) is 22.9 Å². The van der Waals surface area contributed by atoms with Gasteiger partial charge in [-0.1, -0.05) is 18.2 Å². The number of nitrogens with zero attached hydrogens (tertiary/aromatic N) is 2. The number of hydrogen-bond acceptors (Lipinski definition) is 10. The third-order valence-corrected chi connectivity index (χ3v) is 9.70. The van der Waals surface area contributed by atoms with Crippen molar-refractivity contribution in [2.24, 2.45) is 11.8 Å². The Hall–Kier alpha value is -5.25. The minimum atomic E-state index is -5.08. The first-order valence-corrected chi connectivity index (χ1v) is 18.3. The van der Waals surface area contributed by atoms with E-state index in [0.29, 0.717) is 36.9 Å². The molecule has 0 spiro atoms. The molecule has 3 aromatic carbocycles. The SMILES string of the molecule is COc1cccc(Nc2nc(NCC3CCC(CNS(=O)(=O)c4cc(OCC(F)(F)F)ccc4OCC(F)(F)F)CC3)nc3ccccc23)c1.O=C(O)C(F)(F)F. The van der Waals surface area contributed by atoms with Crippen LogP contribution in [-0.2, 0) is 14.8 Å². The molecule has 0 radical (unpaired) electrons. The summed E-state index contributed by atoms with van der Waals surface area (Å²) >= 11 is 0. The fraction of sp³-hybridized carbons (Fsp3) is 0.400. The van der Waals surface area contributed by atoms with E-state index in [-0.39, 0.29) is 18.4 Å². The Morgan fingerprint density at radius 3 is 2.02 bits per heavy atom. The highest BCUT2D eigenvalue weighted by atomic mass is 32.2. The van der Waals surface area contributed by atoms with Gasteiger partial charge in [0.1, 0.15) is 28.0 Å². The molecule has 57 heavy (non-hydrogen) atoms. The summed E-state index contributed by atoms with van der Waals surface area (Å²) in [6, 6.07) is 17.5. The van der Waals surface area contributed by atoms with E-state index in [1.807, 2.05) is 48.5 Å². The van der Waals surface area contributed by atoms with E-state index in [1.54, 1.807) is 7.11 Å². The molecule has 1 fully saturated rings. The number of rotatable bonds is 14. The van der Waals surface area contributed by atoms with Crippen molar-refractivity contribution >= 4 is 44.3 Å². The van der Waals surface area contributed by atoms with Crippen molar-refractivity contribution in [3.05, 3.63) is 66.7 Å². The van der Waals surface area contributed by atoms with E-state index in [1.165, 1.54) is 0 Å². The normalized spacial score (nSPS) is 16.2. The maximum atomic E-state index is 13.2. The van der Waals surface area contributed by atoms with Crippen LogP contribution in [-0.4, -0.2) is 81.4 Å². The summed E-state index contributed by atoms with van der Waals surface area (Å²) in [6.07, 6.45) is -11.8. The van der Waals surface area contributed by atoms with Gasteiger partial charge in [-0.2, -0.15) is 44.5 Å². The molecule has 0 amide bonds. The summed E-state index contributed by atoms with van der Waals surface area (Å²) in [7, 11) is -2.90. The quantitative estimate of drug-likeness (QED) is 0.0909. The molecule has 4 aromatic rings. The molecule has 0 atom stereocenters. The third-order valence-electron chi connectivity index (χ3n) is 8.25. The average Bonchev–Trinajstić information content (AvgIpc) is 3.14. The highest BCUT2D eigenvalue weighted by molar-refractivity contribution is 7.89. The molecule has 0 bridgehead atoms. The number of methoxy groups -OCH3 is 1. The van der Waals surface area contributed by atoms with Crippen molar-refractivity contribution in [1.82, 2.24) is 14.7 Å². The van der Waals surface area contributed by atoms with E-state index in [9.17, 15) is 47.9 Å². The van der Waals surface area contributed by atoms with Gasteiger partial charge in [0.05, 0.1) is 12.6 Å². The van der Waals surface area contributed by atoms with Crippen molar-refractivity contribution < 1.29 is 72.0 Å². The molecule has 0 unspecified atom stereocenters. The first-order chi connectivity index (χ1) is 26.6. The van der Waals surface area contributed by atoms with Crippen LogP contribution in [0, 0.1) is 11.8 Å². The van der Waals surface area contributed by atoms with Gasteiger partial charge in [0.25, 0.3) is 0 Å². The van der Waals surface area contributed by atoms with Gasteiger partial charge in [0, 0.05) is 36.3 Å². The number of sulfonamides is 1. The maximum absolute atomic E-state index is 13.2. The minimum Gasteiger partial charge on any atom is -0.497 e. The zero-order valence-corrected chi connectivity index (χ0v) is 30.6. The summed E-state index contributed by atoms with van der Waals surface area (Å²) < 4.78 is 151. The number of carbonyl (C=O) groups is 1. The Labute approximate surface area is 319 Å². The molecule has 5 rings (SSSR count). The summed E-state index contributed by atoms with van der Waals surface area (Å²) in [5.41, 5.74) is 1.54. The first-order valence-electron chi connectivity index (χ1n) is 16.9. The van der Waals surface area contributed by atoms with Crippen LogP contribution in [0.5, 0.6) is 17.2 Å². The van der Waals surface area contributed by atoms with E-state index >= 15 is 0 Å². The standard InChI is InChI=1S/C33H35F6N5O5S.C2HF3O2/c1-47-24-6-4-5-23(15-24)42-30-26-7-2-3-8-27(26)43-31(44-30)40-17-21-9-11-22(12-10-21)18-41-50(45,46)29-16-25(48-19-32(34,35)36)13-14-28(29)49-20-33(37,38)39;3-2(4,5)1(6)7/h2-8,13-16,21-22,41H,9-12,17-20H2,1H3,(H2,40,42,43,44);(H,6,7). The largest absolute Gasteiger partial charge is 0.497 e. The lowest BCUT2D eigenvalue weighted by Gasteiger charge is -2.29. The summed E-state index contributed by atoms with van der Waals surface area (Å²) in [4.78, 5) is 17.5. The van der Waals surface area contributed by atoms with Gasteiger partial charge < -0.3 is 30.0 Å². The molecule has 1 aromatic heterocycles. The van der Waals surface area contributed by atoms with Crippen LogP contribution in [0.2, 0.25) is 0 Å². The van der Waals surface area contributed by atoms with Gasteiger partial charge in [-0.3, -0.25) is 0 Å². The van der Waals surface area contributed by atoms with Gasteiger partial charge in [-0.05, 0) is 73.9 Å². The van der Waals surface area contributed by atoms with Gasteiger partial charge in [-0.15, -0.1) is 0 Å². The molecule has 0 aliphatic heterocycles. The van der Waals surface area contributed by atoms with Crippen molar-refractivity contribution in [2.45, 2.75) is 49.1 Å². The van der Waals surface area contributed by atoms with Crippen LogP contribution in [0.4, 0.5) is 57.0 Å². The molecule has 1 saturated carbocycles. The molecular weight excluding hydrogens is 805 g/mol. The Bertz CT molecular complexity index is 2080. The number of hydrogen-bond donors (Lipinski definition) is 4. The van der Waals surface area contributed by atoms with Crippen LogP contribution in [0.15, 0.2) is 71.6 Å². The molecular formula is C35H36F9N5O7S. The molecule has 0 saturated heterocycles. The second kappa shape index (κ2) is 18.8. The predicted molar refractivity (Wildman–Crippen MR) is 188 cm³/mol. The van der Waals surface area contributed by atoms with E-state index in [2.05, 4.69) is 29.8 Å². The van der Waals surface area contributed by atoms with Crippen LogP contribution in [0.3, 0.4) is 0 Å². The van der Waals surface area contributed by atoms with Gasteiger partial charge in [0.2, 0.25) is 16.0 Å². The highest BCUT2D eigenvalue weighted by Crippen LogP contribution is 2.33. The lowest BCUT2D eigenvalue weighted by atomic mass is 9.82. The number of ether oxygens (including phenoxy) is 3. The Balaban J connectivity index is 0.000000940. The number of anilines is 3.